The van der Waals surface area contributed by atoms with Crippen molar-refractivity contribution in [2.75, 3.05) is 5.73 Å². The summed E-state index contributed by atoms with van der Waals surface area (Å²) in [6.07, 6.45) is 5.26. The zero-order valence-electron chi connectivity index (χ0n) is 21.3. The molecule has 0 radical (unpaired) electrons. The van der Waals surface area contributed by atoms with Crippen molar-refractivity contribution in [2.45, 2.75) is 59.1 Å². The first-order chi connectivity index (χ1) is 17.1. The third-order valence-electron chi connectivity index (χ3n) is 7.11. The Kier molecular flexibility index (Phi) is 5.00. The van der Waals surface area contributed by atoms with E-state index in [1.807, 2.05) is 30.9 Å². The molecule has 1 unspecified atom stereocenters. The van der Waals surface area contributed by atoms with Crippen LogP contribution in [0.25, 0.3) is 22.5 Å². The summed E-state index contributed by atoms with van der Waals surface area (Å²) in [4.78, 5) is 4.50. The molecule has 3 aromatic heterocycles. The van der Waals surface area contributed by atoms with Gasteiger partial charge >= 0.3 is 0 Å². The molecule has 7 nitrogen and oxygen atoms in total. The number of nitrogens with zero attached hydrogens (tertiary/aromatic N) is 5. The maximum absolute atomic E-state index is 14.5. The number of benzene rings is 1. The normalized spacial score (nSPS) is 18.5. The van der Waals surface area contributed by atoms with E-state index in [0.717, 1.165) is 58.7 Å². The maximum atomic E-state index is 14.5. The van der Waals surface area contributed by atoms with Gasteiger partial charge in [0.15, 0.2) is 11.6 Å². The van der Waals surface area contributed by atoms with Crippen LogP contribution in [0.4, 0.5) is 10.2 Å². The number of hydrogen-bond donors (Lipinski definition) is 1. The molecular formula is C28H31FN6O. The summed E-state index contributed by atoms with van der Waals surface area (Å²) in [5, 5.41) is 9.96. The highest BCUT2D eigenvalue weighted by Gasteiger charge is 2.36. The van der Waals surface area contributed by atoms with Crippen LogP contribution in [0.3, 0.4) is 0 Å². The molecule has 0 spiro atoms. The Balaban J connectivity index is 1.68. The number of hydrogen-bond acceptors (Lipinski definition) is 5. The molecule has 2 atom stereocenters. The molecule has 2 N–H and O–H groups in total. The van der Waals surface area contributed by atoms with Gasteiger partial charge in [-0.1, -0.05) is 20.8 Å². The van der Waals surface area contributed by atoms with Gasteiger partial charge in [0.25, 0.3) is 0 Å². The molecule has 0 fully saturated rings. The van der Waals surface area contributed by atoms with Crippen LogP contribution in [-0.4, -0.2) is 24.5 Å². The van der Waals surface area contributed by atoms with E-state index in [2.05, 4.69) is 36.6 Å². The fourth-order valence-corrected chi connectivity index (χ4v) is 5.67. The number of rotatable bonds is 1. The molecule has 0 saturated heterocycles. The van der Waals surface area contributed by atoms with Crippen molar-refractivity contribution in [3.05, 3.63) is 64.9 Å². The van der Waals surface area contributed by atoms with Crippen molar-refractivity contribution in [1.29, 1.82) is 0 Å². The highest BCUT2D eigenvalue weighted by atomic mass is 19.1. The monoisotopic (exact) mass is 486 g/mol. The van der Waals surface area contributed by atoms with E-state index in [1.54, 1.807) is 6.07 Å². The van der Waals surface area contributed by atoms with Crippen LogP contribution < -0.4 is 10.5 Å². The lowest BCUT2D eigenvalue weighted by atomic mass is 9.87. The Morgan fingerprint density at radius 3 is 2.75 bits per heavy atom. The number of nitrogen functional groups attached to an aromatic ring is 1. The van der Waals surface area contributed by atoms with Crippen molar-refractivity contribution in [3.63, 3.8) is 0 Å². The molecule has 186 valence electrons. The van der Waals surface area contributed by atoms with Gasteiger partial charge in [0.05, 0.1) is 17.1 Å². The number of anilines is 1. The Morgan fingerprint density at radius 2 is 1.97 bits per heavy atom. The highest BCUT2D eigenvalue weighted by Crippen LogP contribution is 2.48. The lowest BCUT2D eigenvalue weighted by Gasteiger charge is -2.24. The molecular weight excluding hydrogens is 455 g/mol. The van der Waals surface area contributed by atoms with Gasteiger partial charge in [0.1, 0.15) is 11.9 Å². The molecule has 2 bridgehead atoms. The Hall–Kier alpha value is -3.68. The van der Waals surface area contributed by atoms with Crippen LogP contribution >= 0.6 is 0 Å². The number of nitrogens with two attached hydrogens (primary N) is 1. The molecule has 0 saturated carbocycles. The molecule has 1 aliphatic carbocycles. The molecule has 4 aromatic rings. The highest BCUT2D eigenvalue weighted by molar-refractivity contribution is 5.74. The molecule has 36 heavy (non-hydrogen) atoms. The summed E-state index contributed by atoms with van der Waals surface area (Å²) in [5.74, 6) is 0.572. The number of fused-ring (bicyclic) bond motifs is 7. The van der Waals surface area contributed by atoms with E-state index < -0.39 is 6.10 Å². The van der Waals surface area contributed by atoms with Crippen LogP contribution in [-0.2, 0) is 20.0 Å². The van der Waals surface area contributed by atoms with Crippen molar-refractivity contribution >= 4 is 5.82 Å². The van der Waals surface area contributed by atoms with E-state index in [4.69, 9.17) is 20.7 Å². The number of pyridine rings is 1. The second kappa shape index (κ2) is 7.91. The van der Waals surface area contributed by atoms with E-state index in [0.29, 0.717) is 11.6 Å². The van der Waals surface area contributed by atoms with E-state index in [-0.39, 0.29) is 17.2 Å². The minimum atomic E-state index is -0.470. The van der Waals surface area contributed by atoms with Gasteiger partial charge in [-0.25, -0.2) is 9.37 Å². The lowest BCUT2D eigenvalue weighted by Crippen LogP contribution is -2.18. The number of aromatic nitrogens is 5. The number of halogens is 1. The summed E-state index contributed by atoms with van der Waals surface area (Å²) in [5.41, 5.74) is 14.2. The van der Waals surface area contributed by atoms with Crippen molar-refractivity contribution in [3.8, 4) is 28.3 Å². The first-order valence-corrected chi connectivity index (χ1v) is 12.4. The Morgan fingerprint density at radius 1 is 1.17 bits per heavy atom. The summed E-state index contributed by atoms with van der Waals surface area (Å²) >= 11 is 0. The minimum Gasteiger partial charge on any atom is -0.482 e. The Labute approximate surface area is 210 Å². The third-order valence-corrected chi connectivity index (χ3v) is 7.11. The van der Waals surface area contributed by atoms with Crippen molar-refractivity contribution in [1.82, 2.24) is 24.5 Å². The van der Waals surface area contributed by atoms with E-state index in [1.165, 1.54) is 17.7 Å². The molecule has 1 aromatic carbocycles. The molecule has 4 heterocycles. The second-order valence-corrected chi connectivity index (χ2v) is 11.2. The molecule has 2 aliphatic rings. The summed E-state index contributed by atoms with van der Waals surface area (Å²) < 4.78 is 24.8. The van der Waals surface area contributed by atoms with Crippen LogP contribution in [0.1, 0.15) is 68.5 Å². The van der Waals surface area contributed by atoms with Crippen LogP contribution in [0.2, 0.25) is 0 Å². The average molecular weight is 487 g/mol. The van der Waals surface area contributed by atoms with Crippen LogP contribution in [0, 0.1) is 11.2 Å². The summed E-state index contributed by atoms with van der Waals surface area (Å²) in [6.45, 7) is 9.31. The van der Waals surface area contributed by atoms with Gasteiger partial charge < -0.3 is 10.5 Å². The molecule has 8 heteroatoms. The largest absolute Gasteiger partial charge is 0.482 e. The average Bonchev–Trinajstić information content (AvgIpc) is 3.46. The first-order valence-electron chi connectivity index (χ1n) is 12.4. The SMILES string of the molecule is C[C@H]1Oc2cc(cnc2N)-c2c3c(nn2CC(C)(C)C)CCC3c2cn(C)nc2-c2ccc(F)cc21. The zero-order chi connectivity index (χ0) is 25.4. The lowest BCUT2D eigenvalue weighted by molar-refractivity contribution is 0.227. The van der Waals surface area contributed by atoms with Crippen molar-refractivity contribution < 1.29 is 9.13 Å². The maximum Gasteiger partial charge on any atom is 0.166 e. The zero-order valence-corrected chi connectivity index (χ0v) is 21.3. The first kappa shape index (κ1) is 22.8. The smallest absolute Gasteiger partial charge is 0.166 e. The minimum absolute atomic E-state index is 0.0347. The second-order valence-electron chi connectivity index (χ2n) is 11.2. The van der Waals surface area contributed by atoms with E-state index in [9.17, 15) is 4.39 Å². The number of aryl methyl sites for hydroxylation is 2. The summed E-state index contributed by atoms with van der Waals surface area (Å²) in [7, 11) is 1.93. The van der Waals surface area contributed by atoms with Gasteiger partial charge in [0.2, 0.25) is 0 Å². The topological polar surface area (TPSA) is 83.8 Å². The summed E-state index contributed by atoms with van der Waals surface area (Å²) in [6, 6.07) is 6.78. The molecule has 6 rings (SSSR count). The van der Waals surface area contributed by atoms with Crippen molar-refractivity contribution in [2.24, 2.45) is 12.5 Å². The van der Waals surface area contributed by atoms with Crippen LogP contribution in [0.5, 0.6) is 5.75 Å². The van der Waals surface area contributed by atoms with Gasteiger partial charge in [-0.3, -0.25) is 9.36 Å². The van der Waals surface area contributed by atoms with Gasteiger partial charge in [-0.2, -0.15) is 10.2 Å². The fraction of sp³-hybridized carbons (Fsp3) is 0.393. The fourth-order valence-electron chi connectivity index (χ4n) is 5.67. The van der Waals surface area contributed by atoms with Gasteiger partial charge in [0, 0.05) is 59.7 Å². The third kappa shape index (κ3) is 3.67. The van der Waals surface area contributed by atoms with E-state index >= 15 is 0 Å². The Bertz CT molecular complexity index is 1490. The molecule has 1 aliphatic heterocycles. The molecule has 0 amide bonds. The predicted octanol–water partition coefficient (Wildman–Crippen LogP) is 5.64. The predicted molar refractivity (Wildman–Crippen MR) is 137 cm³/mol. The number of ether oxygens (including phenoxy) is 1. The standard InChI is InChI=1S/C28H31FN6O/c1-15-20-11-17(29)6-7-19(20)25-21(13-34(5)33-25)18-8-9-22-24(18)26(35(32-22)14-28(2,3)4)16-10-23(36-15)27(30)31-12-16/h6-7,10-13,15,18H,8-9,14H2,1-5H3,(H2,30,31)/t15-,18?/m1/s1. The van der Waals surface area contributed by atoms with Crippen LogP contribution in [0.15, 0.2) is 36.7 Å². The quantitative estimate of drug-likeness (QED) is 0.376. The van der Waals surface area contributed by atoms with Gasteiger partial charge in [-0.05, 0) is 49.4 Å². The van der Waals surface area contributed by atoms with Gasteiger partial charge in [-0.15, -0.1) is 0 Å².